The lowest BCUT2D eigenvalue weighted by atomic mass is 9.86. The Labute approximate surface area is 144 Å². The van der Waals surface area contributed by atoms with Crippen molar-refractivity contribution in [2.75, 3.05) is 19.7 Å². The molecule has 3 rings (SSSR count). The molecule has 2 aliphatic rings. The number of hydrogen-bond donors (Lipinski definition) is 3. The number of rotatable bonds is 7. The number of pyridine rings is 1. The van der Waals surface area contributed by atoms with Crippen LogP contribution in [0.25, 0.3) is 0 Å². The zero-order chi connectivity index (χ0) is 17.0. The van der Waals surface area contributed by atoms with Crippen molar-refractivity contribution < 1.29 is 14.9 Å². The predicted octanol–water partition coefficient (Wildman–Crippen LogP) is 2.05. The second-order valence-electron chi connectivity index (χ2n) is 7.73. The van der Waals surface area contributed by atoms with Crippen LogP contribution < -0.4 is 10.1 Å². The quantitative estimate of drug-likeness (QED) is 0.712. The maximum Gasteiger partial charge on any atom is 0.213 e. The van der Waals surface area contributed by atoms with E-state index < -0.39 is 12.2 Å². The SMILES string of the molecule is Cc1cccc(OCC2(CNCC3CCCC3)CC(O)C(O)C2)n1. The molecule has 24 heavy (non-hydrogen) atoms. The Morgan fingerprint density at radius 3 is 2.58 bits per heavy atom. The van der Waals surface area contributed by atoms with Gasteiger partial charge in [0.25, 0.3) is 0 Å². The van der Waals surface area contributed by atoms with E-state index >= 15 is 0 Å². The molecule has 5 heteroatoms. The first-order valence-electron chi connectivity index (χ1n) is 9.20. The smallest absolute Gasteiger partial charge is 0.213 e. The van der Waals surface area contributed by atoms with Gasteiger partial charge in [0.15, 0.2) is 0 Å². The first kappa shape index (κ1) is 17.6. The Balaban J connectivity index is 1.57. The average Bonchev–Trinajstić information content (AvgIpc) is 3.15. The summed E-state index contributed by atoms with van der Waals surface area (Å²) < 4.78 is 5.92. The molecule has 2 atom stereocenters. The number of aryl methyl sites for hydroxylation is 1. The number of nitrogens with one attached hydrogen (secondary N) is 1. The van der Waals surface area contributed by atoms with E-state index in [1.54, 1.807) is 0 Å². The van der Waals surface area contributed by atoms with Gasteiger partial charge in [0.2, 0.25) is 5.88 Å². The molecule has 0 aliphatic heterocycles. The first-order valence-corrected chi connectivity index (χ1v) is 9.20. The first-order chi connectivity index (χ1) is 11.6. The van der Waals surface area contributed by atoms with E-state index in [0.717, 1.165) is 24.7 Å². The fourth-order valence-electron chi connectivity index (χ4n) is 4.14. The molecule has 134 valence electrons. The van der Waals surface area contributed by atoms with Gasteiger partial charge in [0, 0.05) is 23.7 Å². The highest BCUT2D eigenvalue weighted by Crippen LogP contribution is 2.38. The van der Waals surface area contributed by atoms with Crippen molar-refractivity contribution in [1.29, 1.82) is 0 Å². The van der Waals surface area contributed by atoms with Crippen LogP contribution in [0.5, 0.6) is 5.88 Å². The maximum atomic E-state index is 10.0. The molecule has 2 aliphatic carbocycles. The van der Waals surface area contributed by atoms with Gasteiger partial charge < -0.3 is 20.3 Å². The fourth-order valence-corrected chi connectivity index (χ4v) is 4.14. The van der Waals surface area contributed by atoms with Crippen molar-refractivity contribution in [3.63, 3.8) is 0 Å². The second kappa shape index (κ2) is 7.81. The van der Waals surface area contributed by atoms with Crippen LogP contribution in [0.4, 0.5) is 0 Å². The zero-order valence-electron chi connectivity index (χ0n) is 14.6. The van der Waals surface area contributed by atoms with Crippen LogP contribution in [-0.4, -0.2) is 47.1 Å². The second-order valence-corrected chi connectivity index (χ2v) is 7.73. The Morgan fingerprint density at radius 2 is 1.92 bits per heavy atom. The van der Waals surface area contributed by atoms with Gasteiger partial charge in [-0.25, -0.2) is 4.98 Å². The predicted molar refractivity (Wildman–Crippen MR) is 93.0 cm³/mol. The molecule has 2 saturated carbocycles. The molecule has 0 aromatic carbocycles. The highest BCUT2D eigenvalue weighted by molar-refractivity contribution is 5.15. The lowest BCUT2D eigenvalue weighted by Crippen LogP contribution is -2.39. The number of aromatic nitrogens is 1. The van der Waals surface area contributed by atoms with Gasteiger partial charge in [0.1, 0.15) is 0 Å². The van der Waals surface area contributed by atoms with E-state index in [1.165, 1.54) is 25.7 Å². The number of aliphatic hydroxyl groups is 2. The lowest BCUT2D eigenvalue weighted by Gasteiger charge is -2.29. The van der Waals surface area contributed by atoms with Crippen molar-refractivity contribution in [2.45, 2.75) is 57.7 Å². The average molecular weight is 334 g/mol. The Bertz CT molecular complexity index is 521. The number of ether oxygens (including phenoxy) is 1. The minimum absolute atomic E-state index is 0.233. The Kier molecular flexibility index (Phi) is 5.74. The number of hydrogen-bond acceptors (Lipinski definition) is 5. The standard InChI is InChI=1S/C19H30N2O3/c1-14-5-4-8-18(21-14)24-13-19(9-16(22)17(23)10-19)12-20-11-15-6-2-3-7-15/h4-5,8,15-17,20,22-23H,2-3,6-7,9-13H2,1H3. The van der Waals surface area contributed by atoms with Crippen LogP contribution in [0, 0.1) is 18.3 Å². The fraction of sp³-hybridized carbons (Fsp3) is 0.737. The highest BCUT2D eigenvalue weighted by atomic mass is 16.5. The van der Waals surface area contributed by atoms with Gasteiger partial charge in [-0.2, -0.15) is 0 Å². The summed E-state index contributed by atoms with van der Waals surface area (Å²) in [6.07, 6.45) is 5.13. The van der Waals surface area contributed by atoms with Crippen molar-refractivity contribution in [1.82, 2.24) is 10.3 Å². The Hall–Kier alpha value is -1.17. The summed E-state index contributed by atoms with van der Waals surface area (Å²) in [5.74, 6) is 1.39. The van der Waals surface area contributed by atoms with Gasteiger partial charge in [-0.1, -0.05) is 18.9 Å². The molecule has 0 spiro atoms. The Morgan fingerprint density at radius 1 is 1.21 bits per heavy atom. The number of aliphatic hydroxyl groups excluding tert-OH is 2. The minimum atomic E-state index is -0.660. The van der Waals surface area contributed by atoms with Crippen molar-refractivity contribution >= 4 is 0 Å². The normalized spacial score (nSPS) is 30.8. The van der Waals surface area contributed by atoms with Gasteiger partial charge in [-0.15, -0.1) is 0 Å². The third-order valence-electron chi connectivity index (χ3n) is 5.53. The summed E-state index contributed by atoms with van der Waals surface area (Å²) in [7, 11) is 0. The molecule has 2 unspecified atom stereocenters. The summed E-state index contributed by atoms with van der Waals surface area (Å²) in [5.41, 5.74) is 0.690. The van der Waals surface area contributed by atoms with Crippen molar-refractivity contribution in [2.24, 2.45) is 11.3 Å². The third-order valence-corrected chi connectivity index (χ3v) is 5.53. The van der Waals surface area contributed by atoms with E-state index in [2.05, 4.69) is 10.3 Å². The van der Waals surface area contributed by atoms with Crippen LogP contribution in [0.1, 0.15) is 44.2 Å². The van der Waals surface area contributed by atoms with E-state index in [-0.39, 0.29) is 5.41 Å². The minimum Gasteiger partial charge on any atom is -0.477 e. The van der Waals surface area contributed by atoms with Gasteiger partial charge in [-0.05, 0) is 51.1 Å². The van der Waals surface area contributed by atoms with Crippen LogP contribution in [0.2, 0.25) is 0 Å². The molecular formula is C19H30N2O3. The lowest BCUT2D eigenvalue weighted by molar-refractivity contribution is 0.0438. The van der Waals surface area contributed by atoms with Gasteiger partial charge in [-0.3, -0.25) is 0 Å². The molecule has 3 N–H and O–H groups in total. The van der Waals surface area contributed by atoms with E-state index in [0.29, 0.717) is 25.3 Å². The summed E-state index contributed by atoms with van der Waals surface area (Å²) in [6.45, 7) is 4.20. The zero-order valence-corrected chi connectivity index (χ0v) is 14.6. The molecule has 0 bridgehead atoms. The van der Waals surface area contributed by atoms with E-state index in [4.69, 9.17) is 4.74 Å². The molecule has 1 aromatic rings. The van der Waals surface area contributed by atoms with Crippen LogP contribution >= 0.6 is 0 Å². The molecule has 2 fully saturated rings. The molecule has 1 aromatic heterocycles. The topological polar surface area (TPSA) is 74.6 Å². The molecule has 0 radical (unpaired) electrons. The van der Waals surface area contributed by atoms with Gasteiger partial charge >= 0.3 is 0 Å². The molecular weight excluding hydrogens is 304 g/mol. The molecule has 1 heterocycles. The van der Waals surface area contributed by atoms with E-state index in [1.807, 2.05) is 25.1 Å². The monoisotopic (exact) mass is 334 g/mol. The summed E-state index contributed by atoms with van der Waals surface area (Å²) in [4.78, 5) is 4.38. The van der Waals surface area contributed by atoms with Crippen LogP contribution in [0.3, 0.4) is 0 Å². The van der Waals surface area contributed by atoms with E-state index in [9.17, 15) is 10.2 Å². The van der Waals surface area contributed by atoms with Crippen molar-refractivity contribution in [3.05, 3.63) is 23.9 Å². The molecule has 0 saturated heterocycles. The van der Waals surface area contributed by atoms with Crippen LogP contribution in [-0.2, 0) is 0 Å². The van der Waals surface area contributed by atoms with Gasteiger partial charge in [0.05, 0.1) is 18.8 Å². The summed E-state index contributed by atoms with van der Waals surface area (Å²) in [6, 6.07) is 5.73. The van der Waals surface area contributed by atoms with Crippen molar-refractivity contribution in [3.8, 4) is 5.88 Å². The maximum absolute atomic E-state index is 10.0. The summed E-state index contributed by atoms with van der Waals surface area (Å²) in [5, 5.41) is 23.6. The molecule has 5 nitrogen and oxygen atoms in total. The van der Waals surface area contributed by atoms with Crippen LogP contribution in [0.15, 0.2) is 18.2 Å². The summed E-state index contributed by atoms with van der Waals surface area (Å²) >= 11 is 0. The number of nitrogens with zero attached hydrogens (tertiary/aromatic N) is 1. The third kappa shape index (κ3) is 4.47. The molecule has 0 amide bonds. The largest absolute Gasteiger partial charge is 0.477 e. The highest BCUT2D eigenvalue weighted by Gasteiger charge is 2.44.